The molecule has 1 heterocycles. The number of nitriles is 1. The Bertz CT molecular complexity index is 523. The minimum absolute atomic E-state index is 0.00345. The smallest absolute Gasteiger partial charge is 0.245 e. The molecule has 1 aromatic carbocycles. The molecule has 1 aliphatic heterocycles. The number of benzene rings is 1. The predicted molar refractivity (Wildman–Crippen MR) is 62.1 cm³/mol. The molecule has 1 amide bonds. The Balaban J connectivity index is 1.97. The zero-order valence-corrected chi connectivity index (χ0v) is 10.1. The molecule has 0 spiro atoms. The molecule has 2 rings (SSSR count). The van der Waals surface area contributed by atoms with Gasteiger partial charge in [0.25, 0.3) is 0 Å². The summed E-state index contributed by atoms with van der Waals surface area (Å²) in [4.78, 5) is 11.8. The van der Waals surface area contributed by atoms with Crippen LogP contribution in [0.25, 0.3) is 0 Å². The first-order chi connectivity index (χ1) is 8.57. The average molecular weight is 269 g/mol. The number of hydrogen-bond acceptors (Lipinski definition) is 3. The van der Waals surface area contributed by atoms with E-state index in [0.717, 1.165) is 0 Å². The molecule has 1 aromatic rings. The van der Waals surface area contributed by atoms with E-state index >= 15 is 0 Å². The van der Waals surface area contributed by atoms with E-state index in [1.54, 1.807) is 0 Å². The van der Waals surface area contributed by atoms with Crippen LogP contribution in [0, 0.1) is 22.6 Å². The molecule has 0 aromatic heterocycles. The number of halogens is 2. The van der Waals surface area contributed by atoms with Crippen molar-refractivity contribution in [2.75, 3.05) is 13.2 Å². The second-order valence-corrected chi connectivity index (χ2v) is 4.53. The van der Waals surface area contributed by atoms with E-state index < -0.39 is 11.2 Å². The van der Waals surface area contributed by atoms with E-state index in [9.17, 15) is 9.18 Å². The largest absolute Gasteiger partial charge is 0.377 e. The van der Waals surface area contributed by atoms with E-state index in [4.69, 9.17) is 21.6 Å². The zero-order valence-electron chi connectivity index (χ0n) is 9.37. The summed E-state index contributed by atoms with van der Waals surface area (Å²) in [5.41, 5.74) is -0.410. The minimum atomic E-state index is -1.08. The fraction of sp³-hybridized carbons (Fsp3) is 0.333. The van der Waals surface area contributed by atoms with Gasteiger partial charge in [0.2, 0.25) is 5.91 Å². The van der Waals surface area contributed by atoms with E-state index in [-0.39, 0.29) is 30.7 Å². The van der Waals surface area contributed by atoms with Crippen molar-refractivity contribution < 1.29 is 13.9 Å². The molecule has 0 radical (unpaired) electrons. The highest BCUT2D eigenvalue weighted by Gasteiger charge is 2.46. The number of amides is 1. The van der Waals surface area contributed by atoms with E-state index in [1.807, 2.05) is 6.07 Å². The lowest BCUT2D eigenvalue weighted by Gasteiger charge is -2.33. The van der Waals surface area contributed by atoms with Crippen molar-refractivity contribution in [1.82, 2.24) is 5.32 Å². The second kappa shape index (κ2) is 4.92. The highest BCUT2D eigenvalue weighted by molar-refractivity contribution is 6.30. The first-order valence-corrected chi connectivity index (χ1v) is 5.66. The fourth-order valence-corrected chi connectivity index (χ4v) is 1.76. The molecule has 18 heavy (non-hydrogen) atoms. The third-order valence-corrected chi connectivity index (χ3v) is 3.07. The maximum Gasteiger partial charge on any atom is 0.245 e. The Hall–Kier alpha value is -1.64. The molecule has 4 nitrogen and oxygen atoms in total. The number of rotatable bonds is 3. The van der Waals surface area contributed by atoms with Crippen LogP contribution in [0.2, 0.25) is 5.02 Å². The summed E-state index contributed by atoms with van der Waals surface area (Å²) in [5.74, 6) is -0.885. The number of nitrogens with one attached hydrogen (secondary N) is 1. The van der Waals surface area contributed by atoms with Crippen molar-refractivity contribution in [2.24, 2.45) is 5.41 Å². The van der Waals surface area contributed by atoms with E-state index in [0.29, 0.717) is 5.56 Å². The van der Waals surface area contributed by atoms with Crippen molar-refractivity contribution in [2.45, 2.75) is 6.54 Å². The van der Waals surface area contributed by atoms with Gasteiger partial charge in [0, 0.05) is 6.54 Å². The second-order valence-electron chi connectivity index (χ2n) is 4.12. The van der Waals surface area contributed by atoms with Gasteiger partial charge in [-0.25, -0.2) is 4.39 Å². The van der Waals surface area contributed by atoms with Crippen molar-refractivity contribution >= 4 is 17.5 Å². The lowest BCUT2D eigenvalue weighted by atomic mass is 9.87. The van der Waals surface area contributed by atoms with Crippen LogP contribution in [-0.2, 0) is 16.1 Å². The maximum absolute atomic E-state index is 12.9. The quantitative estimate of drug-likeness (QED) is 0.906. The molecular formula is C12H10ClFN2O2. The molecule has 1 aliphatic rings. The summed E-state index contributed by atoms with van der Waals surface area (Å²) in [6.45, 7) is 0.418. The Labute approximate surface area is 108 Å². The molecule has 1 saturated heterocycles. The van der Waals surface area contributed by atoms with Gasteiger partial charge in [0.15, 0.2) is 5.41 Å². The van der Waals surface area contributed by atoms with Crippen LogP contribution >= 0.6 is 11.6 Å². The topological polar surface area (TPSA) is 62.1 Å². The molecule has 0 unspecified atom stereocenters. The number of carbonyl (C=O) groups excluding carboxylic acids is 1. The monoisotopic (exact) mass is 268 g/mol. The summed E-state index contributed by atoms with van der Waals surface area (Å²) >= 11 is 5.62. The molecule has 0 atom stereocenters. The number of ether oxygens (including phenoxy) is 1. The lowest BCUT2D eigenvalue weighted by Crippen LogP contribution is -2.52. The standard InChI is InChI=1S/C12H10ClFN2O2/c13-9-3-8(1-2-10(9)14)4-16-11(17)12(5-15)6-18-7-12/h1-3H,4,6-7H2,(H,16,17). The third-order valence-electron chi connectivity index (χ3n) is 2.78. The van der Waals surface area contributed by atoms with Crippen molar-refractivity contribution in [3.8, 4) is 6.07 Å². The Morgan fingerprint density at radius 3 is 2.83 bits per heavy atom. The van der Waals surface area contributed by atoms with Gasteiger partial charge in [-0.05, 0) is 17.7 Å². The van der Waals surface area contributed by atoms with Crippen LogP contribution < -0.4 is 5.32 Å². The van der Waals surface area contributed by atoms with Crippen molar-refractivity contribution in [3.63, 3.8) is 0 Å². The maximum atomic E-state index is 12.9. The third kappa shape index (κ3) is 2.30. The molecule has 0 bridgehead atoms. The van der Waals surface area contributed by atoms with Crippen LogP contribution in [-0.4, -0.2) is 19.1 Å². The minimum Gasteiger partial charge on any atom is -0.377 e. The summed E-state index contributed by atoms with van der Waals surface area (Å²) < 4.78 is 17.8. The van der Waals surface area contributed by atoms with Gasteiger partial charge in [0.1, 0.15) is 5.82 Å². The molecule has 94 valence electrons. The van der Waals surface area contributed by atoms with Crippen LogP contribution in [0.3, 0.4) is 0 Å². The van der Waals surface area contributed by atoms with Gasteiger partial charge in [-0.3, -0.25) is 4.79 Å². The van der Waals surface area contributed by atoms with Crippen LogP contribution in [0.5, 0.6) is 0 Å². The predicted octanol–water partition coefficient (Wildman–Crippen LogP) is 1.64. The van der Waals surface area contributed by atoms with E-state index in [2.05, 4.69) is 5.32 Å². The van der Waals surface area contributed by atoms with Crippen LogP contribution in [0.15, 0.2) is 18.2 Å². The average Bonchev–Trinajstić information content (AvgIpc) is 2.30. The van der Waals surface area contributed by atoms with Gasteiger partial charge in [-0.15, -0.1) is 0 Å². The summed E-state index contributed by atoms with van der Waals surface area (Å²) in [6, 6.07) is 6.14. The summed E-state index contributed by atoms with van der Waals surface area (Å²) in [6.07, 6.45) is 0. The molecular weight excluding hydrogens is 259 g/mol. The molecule has 0 saturated carbocycles. The van der Waals surface area contributed by atoms with Crippen LogP contribution in [0.1, 0.15) is 5.56 Å². The highest BCUT2D eigenvalue weighted by atomic mass is 35.5. The number of carbonyl (C=O) groups is 1. The Morgan fingerprint density at radius 2 is 2.33 bits per heavy atom. The highest BCUT2D eigenvalue weighted by Crippen LogP contribution is 2.26. The fourth-order valence-electron chi connectivity index (χ4n) is 1.55. The van der Waals surface area contributed by atoms with Gasteiger partial charge >= 0.3 is 0 Å². The van der Waals surface area contributed by atoms with Gasteiger partial charge in [-0.2, -0.15) is 5.26 Å². The van der Waals surface area contributed by atoms with Gasteiger partial charge in [0.05, 0.1) is 24.3 Å². The normalized spacial score (nSPS) is 16.5. The zero-order chi connectivity index (χ0) is 13.2. The van der Waals surface area contributed by atoms with Gasteiger partial charge < -0.3 is 10.1 Å². The van der Waals surface area contributed by atoms with Crippen molar-refractivity contribution in [3.05, 3.63) is 34.6 Å². The molecule has 6 heteroatoms. The van der Waals surface area contributed by atoms with E-state index in [1.165, 1.54) is 18.2 Å². The first kappa shape index (κ1) is 12.8. The summed E-state index contributed by atoms with van der Waals surface area (Å²) in [5, 5.41) is 11.5. The molecule has 0 aliphatic carbocycles. The number of hydrogen-bond donors (Lipinski definition) is 1. The molecule has 1 fully saturated rings. The number of nitrogens with zero attached hydrogens (tertiary/aromatic N) is 1. The lowest BCUT2D eigenvalue weighted by molar-refractivity contribution is -0.150. The Morgan fingerprint density at radius 1 is 1.61 bits per heavy atom. The van der Waals surface area contributed by atoms with Crippen molar-refractivity contribution in [1.29, 1.82) is 5.26 Å². The molecule has 1 N–H and O–H groups in total. The summed E-state index contributed by atoms with van der Waals surface area (Å²) in [7, 11) is 0. The van der Waals surface area contributed by atoms with Crippen LogP contribution in [0.4, 0.5) is 4.39 Å². The Kier molecular flexibility index (Phi) is 3.50. The van der Waals surface area contributed by atoms with Gasteiger partial charge in [-0.1, -0.05) is 17.7 Å². The first-order valence-electron chi connectivity index (χ1n) is 5.29. The SMILES string of the molecule is N#CC1(C(=O)NCc2ccc(F)c(Cl)c2)COC1.